The first-order chi connectivity index (χ1) is 36.0. The molecule has 0 aliphatic rings. The van der Waals surface area contributed by atoms with E-state index in [0.29, 0.717) is 17.4 Å². The third-order valence-electron chi connectivity index (χ3n) is 15.1. The highest BCUT2D eigenvalue weighted by Crippen LogP contribution is 2.43. The summed E-state index contributed by atoms with van der Waals surface area (Å²) in [6, 6.07) is 0. The van der Waals surface area contributed by atoms with Crippen molar-refractivity contribution in [2.75, 3.05) is 47.5 Å². The predicted molar refractivity (Wildman–Crippen MR) is 317 cm³/mol. The number of rotatable bonds is 62. The lowest BCUT2D eigenvalue weighted by atomic mass is 10.0. The zero-order valence-electron chi connectivity index (χ0n) is 50.4. The van der Waals surface area contributed by atoms with Crippen LogP contribution in [0, 0.1) is 0 Å². The highest BCUT2D eigenvalue weighted by atomic mass is 31.2. The SMILES string of the molecule is CCCCCCCCCCCCCCCCCCCCCCCCCCCCCCCCCCCCC(=O)OC(COC(=O)CCCCCCCCCCCCCCCCCC)COP(=O)(O)OCC[N+](C)(C)C. The number of quaternary nitrogens is 1. The molecular weight excluding hydrogens is 942 g/mol. The van der Waals surface area contributed by atoms with Crippen LogP contribution in [0.1, 0.15) is 348 Å². The van der Waals surface area contributed by atoms with E-state index in [1.807, 2.05) is 21.1 Å². The summed E-state index contributed by atoms with van der Waals surface area (Å²) in [7, 11) is 1.50. The summed E-state index contributed by atoms with van der Waals surface area (Å²) in [4.78, 5) is 35.7. The third-order valence-corrected chi connectivity index (χ3v) is 16.1. The third kappa shape index (κ3) is 60.2. The maximum absolute atomic E-state index is 12.8. The molecule has 0 rings (SSSR count). The van der Waals surface area contributed by atoms with Gasteiger partial charge < -0.3 is 18.9 Å². The number of phosphoric acid groups is 1. The Bertz CT molecular complexity index is 1210. The van der Waals surface area contributed by atoms with Crippen LogP contribution in [-0.2, 0) is 32.7 Å². The van der Waals surface area contributed by atoms with Crippen molar-refractivity contribution in [2.24, 2.45) is 0 Å². The largest absolute Gasteiger partial charge is 0.472 e. The highest BCUT2D eigenvalue weighted by molar-refractivity contribution is 7.47. The van der Waals surface area contributed by atoms with Crippen molar-refractivity contribution in [2.45, 2.75) is 354 Å². The Hall–Kier alpha value is -0.990. The van der Waals surface area contributed by atoms with E-state index >= 15 is 0 Å². The zero-order valence-corrected chi connectivity index (χ0v) is 51.3. The fraction of sp³-hybridized carbons (Fsp3) is 0.969. The van der Waals surface area contributed by atoms with Crippen LogP contribution in [0.25, 0.3) is 0 Å². The molecule has 0 saturated heterocycles. The van der Waals surface area contributed by atoms with Gasteiger partial charge in [0.05, 0.1) is 27.7 Å². The summed E-state index contributed by atoms with van der Waals surface area (Å²) in [6.45, 7) is 4.51. The van der Waals surface area contributed by atoms with Gasteiger partial charge in [-0.15, -0.1) is 0 Å². The normalized spacial score (nSPS) is 13.1. The van der Waals surface area contributed by atoms with E-state index < -0.39 is 26.5 Å². The molecule has 0 heterocycles. The molecule has 0 aromatic heterocycles. The molecular formula is C64H129NO8P+. The molecule has 0 saturated carbocycles. The lowest BCUT2D eigenvalue weighted by molar-refractivity contribution is -0.870. The Labute approximate surface area is 461 Å². The molecule has 0 aliphatic heterocycles. The van der Waals surface area contributed by atoms with Crippen LogP contribution in [0.15, 0.2) is 0 Å². The smallest absolute Gasteiger partial charge is 0.462 e. The van der Waals surface area contributed by atoms with E-state index in [1.54, 1.807) is 0 Å². The van der Waals surface area contributed by atoms with E-state index in [1.165, 1.54) is 283 Å². The molecule has 2 atom stereocenters. The van der Waals surface area contributed by atoms with Gasteiger partial charge in [0.1, 0.15) is 19.8 Å². The molecule has 0 fully saturated rings. The number of unbranched alkanes of at least 4 members (excludes halogenated alkanes) is 48. The van der Waals surface area contributed by atoms with E-state index in [-0.39, 0.29) is 25.6 Å². The van der Waals surface area contributed by atoms with Gasteiger partial charge in [0.25, 0.3) is 0 Å². The molecule has 0 amide bonds. The minimum absolute atomic E-state index is 0.0375. The molecule has 442 valence electrons. The maximum Gasteiger partial charge on any atom is 0.472 e. The molecule has 1 N–H and O–H groups in total. The summed E-state index contributed by atoms with van der Waals surface area (Å²) in [6.07, 6.45) is 66.4. The zero-order chi connectivity index (χ0) is 54.2. The number of phosphoric ester groups is 1. The van der Waals surface area contributed by atoms with Gasteiger partial charge in [0.2, 0.25) is 0 Å². The van der Waals surface area contributed by atoms with Crippen LogP contribution in [0.5, 0.6) is 0 Å². The van der Waals surface area contributed by atoms with Gasteiger partial charge in [0.15, 0.2) is 6.10 Å². The van der Waals surface area contributed by atoms with Crippen molar-refractivity contribution in [3.8, 4) is 0 Å². The number of ether oxygens (including phenoxy) is 2. The number of carbonyl (C=O) groups is 2. The average Bonchev–Trinajstić information content (AvgIpc) is 3.36. The summed E-state index contributed by atoms with van der Waals surface area (Å²) in [5.74, 6) is -0.772. The van der Waals surface area contributed by atoms with Gasteiger partial charge in [-0.25, -0.2) is 4.57 Å². The molecule has 2 unspecified atom stereocenters. The fourth-order valence-corrected chi connectivity index (χ4v) is 10.8. The van der Waals surface area contributed by atoms with Crippen molar-refractivity contribution in [3.63, 3.8) is 0 Å². The number of carbonyl (C=O) groups excluding carboxylic acids is 2. The van der Waals surface area contributed by atoms with Gasteiger partial charge in [-0.2, -0.15) is 0 Å². The van der Waals surface area contributed by atoms with Crippen LogP contribution in [0.3, 0.4) is 0 Å². The predicted octanol–water partition coefficient (Wildman–Crippen LogP) is 20.6. The van der Waals surface area contributed by atoms with Gasteiger partial charge in [-0.05, 0) is 12.8 Å². The molecule has 9 nitrogen and oxygen atoms in total. The minimum atomic E-state index is -4.38. The van der Waals surface area contributed by atoms with Crippen LogP contribution in [-0.4, -0.2) is 74.9 Å². The highest BCUT2D eigenvalue weighted by Gasteiger charge is 2.27. The topological polar surface area (TPSA) is 108 Å². The Kier molecular flexibility index (Phi) is 56.0. The van der Waals surface area contributed by atoms with Crippen LogP contribution in [0.4, 0.5) is 0 Å². The number of likely N-dealkylation sites (N-methyl/N-ethyl adjacent to an activating group) is 1. The lowest BCUT2D eigenvalue weighted by Gasteiger charge is -2.24. The van der Waals surface area contributed by atoms with E-state index in [0.717, 1.165) is 38.5 Å². The quantitative estimate of drug-likeness (QED) is 0.0278. The summed E-state index contributed by atoms with van der Waals surface area (Å²) >= 11 is 0. The Morgan fingerprint density at radius 2 is 0.608 bits per heavy atom. The molecule has 0 bridgehead atoms. The molecule has 0 aromatic carbocycles. The van der Waals surface area contributed by atoms with Crippen molar-refractivity contribution >= 4 is 19.8 Å². The number of esters is 2. The first-order valence-corrected chi connectivity index (χ1v) is 34.3. The molecule has 0 aliphatic carbocycles. The van der Waals surface area contributed by atoms with E-state index in [9.17, 15) is 19.0 Å². The summed E-state index contributed by atoms with van der Waals surface area (Å²) in [5.41, 5.74) is 0. The second kappa shape index (κ2) is 56.7. The van der Waals surface area contributed by atoms with Crippen molar-refractivity contribution in [1.82, 2.24) is 0 Å². The number of hydrogen-bond donors (Lipinski definition) is 1. The fourth-order valence-electron chi connectivity index (χ4n) is 10.1. The van der Waals surface area contributed by atoms with Gasteiger partial charge in [-0.1, -0.05) is 322 Å². The molecule has 10 heteroatoms. The molecule has 0 spiro atoms. The van der Waals surface area contributed by atoms with Crippen molar-refractivity contribution < 1.29 is 42.1 Å². The Balaban J connectivity index is 3.92. The standard InChI is InChI=1S/C64H128NO8P/c1-6-8-10-12-14-16-18-20-22-24-25-26-27-28-29-30-31-32-33-34-35-36-37-38-39-40-41-43-45-47-49-51-53-55-57-64(67)73-62(61-72-74(68,69)71-59-58-65(3,4)5)60-70-63(66)56-54-52-50-48-46-44-42-23-21-19-17-15-13-11-9-7-2/h62H,6-61H2,1-5H3/p+1. The van der Waals surface area contributed by atoms with Crippen LogP contribution in [0.2, 0.25) is 0 Å². The lowest BCUT2D eigenvalue weighted by Crippen LogP contribution is -2.37. The number of nitrogens with zero attached hydrogens (tertiary/aromatic N) is 1. The first kappa shape index (κ1) is 73.0. The van der Waals surface area contributed by atoms with Crippen LogP contribution < -0.4 is 0 Å². The summed E-state index contributed by atoms with van der Waals surface area (Å²) in [5, 5.41) is 0. The van der Waals surface area contributed by atoms with Crippen molar-refractivity contribution in [1.29, 1.82) is 0 Å². The molecule has 0 radical (unpaired) electrons. The van der Waals surface area contributed by atoms with Crippen LogP contribution >= 0.6 is 7.82 Å². The summed E-state index contributed by atoms with van der Waals surface area (Å²) < 4.78 is 34.6. The minimum Gasteiger partial charge on any atom is -0.462 e. The van der Waals surface area contributed by atoms with E-state index in [2.05, 4.69) is 13.8 Å². The maximum atomic E-state index is 12.8. The monoisotopic (exact) mass is 1070 g/mol. The molecule has 74 heavy (non-hydrogen) atoms. The second-order valence-corrected chi connectivity index (χ2v) is 25.3. The van der Waals surface area contributed by atoms with E-state index in [4.69, 9.17) is 18.5 Å². The number of hydrogen-bond acceptors (Lipinski definition) is 7. The Morgan fingerprint density at radius 1 is 0.365 bits per heavy atom. The Morgan fingerprint density at radius 3 is 0.865 bits per heavy atom. The van der Waals surface area contributed by atoms with Crippen molar-refractivity contribution in [3.05, 3.63) is 0 Å². The average molecular weight is 1070 g/mol. The first-order valence-electron chi connectivity index (χ1n) is 32.8. The molecule has 0 aromatic rings. The van der Waals surface area contributed by atoms with Gasteiger partial charge in [-0.3, -0.25) is 18.6 Å². The van der Waals surface area contributed by atoms with Gasteiger partial charge in [0, 0.05) is 12.8 Å². The van der Waals surface area contributed by atoms with Gasteiger partial charge >= 0.3 is 19.8 Å². The second-order valence-electron chi connectivity index (χ2n) is 23.9.